The summed E-state index contributed by atoms with van der Waals surface area (Å²) >= 11 is 0. The second-order valence-corrected chi connectivity index (χ2v) is 9.85. The number of halogens is 1. The Hall–Kier alpha value is -2.05. The van der Waals surface area contributed by atoms with Crippen LogP contribution in [-0.2, 0) is 13.8 Å². The minimum atomic E-state index is -3.72. The number of carbonyl (C=O) groups excluding carboxylic acids is 1. The minimum Gasteiger partial charge on any atom is -0.449 e. The molecule has 1 amide bonds. The van der Waals surface area contributed by atoms with Crippen molar-refractivity contribution in [1.82, 2.24) is 5.32 Å². The van der Waals surface area contributed by atoms with Gasteiger partial charge in [-0.3, -0.25) is 0 Å². The fraction of sp³-hybridized carbons (Fsp3) is 0.350. The summed E-state index contributed by atoms with van der Waals surface area (Å²) in [6.45, 7) is 3.81. The van der Waals surface area contributed by atoms with Crippen molar-refractivity contribution in [2.45, 2.75) is 25.8 Å². The third-order valence-corrected chi connectivity index (χ3v) is 5.97. The first-order valence-corrected chi connectivity index (χ1v) is 11.3. The molecule has 0 spiro atoms. The summed E-state index contributed by atoms with van der Waals surface area (Å²) in [5.74, 6) is -0.479. The number of alkyl carbamates (subject to hydrolysis) is 1. The molecule has 1 aliphatic carbocycles. The van der Waals surface area contributed by atoms with Crippen molar-refractivity contribution in [1.29, 1.82) is 0 Å². The maximum absolute atomic E-state index is 12.3. The van der Waals surface area contributed by atoms with Gasteiger partial charge in [-0.1, -0.05) is 62.4 Å². The molecule has 0 radical (unpaired) electrons. The van der Waals surface area contributed by atoms with Gasteiger partial charge in [0.15, 0.2) is 0 Å². The number of ether oxygens (including phenoxy) is 1. The van der Waals surface area contributed by atoms with Gasteiger partial charge in [0.1, 0.15) is 6.61 Å². The number of amides is 1. The van der Waals surface area contributed by atoms with Crippen molar-refractivity contribution in [3.8, 4) is 11.1 Å². The molecule has 1 atom stereocenters. The monoisotopic (exact) mass is 407 g/mol. The highest BCUT2D eigenvalue weighted by Crippen LogP contribution is 2.44. The molecule has 0 saturated heterocycles. The van der Waals surface area contributed by atoms with Gasteiger partial charge in [0.25, 0.3) is 0 Å². The average molecular weight is 408 g/mol. The predicted octanol–water partition coefficient (Wildman–Crippen LogP) is 4.12. The standard InChI is InChI=1S/C20H22ClNO4S/c1-13(2)19(12-27(21,24)25)22-20(23)26-11-18-16-9-5-3-7-14(16)15-8-4-6-10-17(15)18/h3-10,13,18-19H,11-12H2,1-2H3,(H,22,23). The molecule has 1 unspecified atom stereocenters. The van der Waals surface area contributed by atoms with Crippen LogP contribution in [0.1, 0.15) is 30.9 Å². The lowest BCUT2D eigenvalue weighted by atomic mass is 9.98. The number of fused-ring (bicyclic) bond motifs is 3. The van der Waals surface area contributed by atoms with Gasteiger partial charge in [0.2, 0.25) is 9.05 Å². The molecule has 0 bridgehead atoms. The van der Waals surface area contributed by atoms with E-state index in [0.29, 0.717) is 0 Å². The molecule has 0 aliphatic heterocycles. The van der Waals surface area contributed by atoms with Gasteiger partial charge in [0.05, 0.1) is 5.75 Å². The first-order chi connectivity index (χ1) is 12.8. The molecule has 0 saturated carbocycles. The maximum Gasteiger partial charge on any atom is 0.407 e. The van der Waals surface area contributed by atoms with E-state index in [2.05, 4.69) is 17.4 Å². The Morgan fingerprint density at radius 2 is 1.59 bits per heavy atom. The number of hydrogen-bond acceptors (Lipinski definition) is 4. The molecular weight excluding hydrogens is 386 g/mol. The second-order valence-electron chi connectivity index (χ2n) is 7.03. The van der Waals surface area contributed by atoms with Gasteiger partial charge in [0, 0.05) is 22.6 Å². The molecule has 2 aromatic carbocycles. The molecular formula is C20H22ClNO4S. The SMILES string of the molecule is CC(C)C(CS(=O)(=O)Cl)NC(=O)OCC1c2ccccc2-c2ccccc21. The molecule has 0 aromatic heterocycles. The Kier molecular flexibility index (Phi) is 5.77. The second kappa shape index (κ2) is 7.90. The van der Waals surface area contributed by atoms with E-state index >= 15 is 0 Å². The molecule has 144 valence electrons. The van der Waals surface area contributed by atoms with E-state index < -0.39 is 21.2 Å². The van der Waals surface area contributed by atoms with Gasteiger partial charge in [-0.15, -0.1) is 0 Å². The lowest BCUT2D eigenvalue weighted by Crippen LogP contribution is -2.43. The van der Waals surface area contributed by atoms with Crippen LogP contribution < -0.4 is 5.32 Å². The fourth-order valence-electron chi connectivity index (χ4n) is 3.41. The van der Waals surface area contributed by atoms with E-state index in [1.54, 1.807) is 0 Å². The Morgan fingerprint density at radius 3 is 2.07 bits per heavy atom. The van der Waals surface area contributed by atoms with Crippen LogP contribution in [0.4, 0.5) is 4.79 Å². The van der Waals surface area contributed by atoms with E-state index in [9.17, 15) is 13.2 Å². The zero-order valence-electron chi connectivity index (χ0n) is 15.2. The summed E-state index contributed by atoms with van der Waals surface area (Å²) in [7, 11) is 1.61. The quantitative estimate of drug-likeness (QED) is 0.731. The van der Waals surface area contributed by atoms with Crippen molar-refractivity contribution < 1.29 is 17.9 Å². The summed E-state index contributed by atoms with van der Waals surface area (Å²) < 4.78 is 28.1. The van der Waals surface area contributed by atoms with Crippen molar-refractivity contribution in [2.75, 3.05) is 12.4 Å². The Balaban J connectivity index is 1.70. The third kappa shape index (κ3) is 4.62. The molecule has 2 aromatic rings. The van der Waals surface area contributed by atoms with E-state index in [-0.39, 0.29) is 24.2 Å². The van der Waals surface area contributed by atoms with Gasteiger partial charge in [-0.2, -0.15) is 0 Å². The number of carbonyl (C=O) groups is 1. The van der Waals surface area contributed by atoms with E-state index in [0.717, 1.165) is 22.3 Å². The van der Waals surface area contributed by atoms with Crippen LogP contribution >= 0.6 is 10.7 Å². The fourth-order valence-corrected chi connectivity index (χ4v) is 4.71. The molecule has 27 heavy (non-hydrogen) atoms. The summed E-state index contributed by atoms with van der Waals surface area (Å²) in [5, 5.41) is 2.62. The van der Waals surface area contributed by atoms with Gasteiger partial charge in [-0.05, 0) is 28.2 Å². The van der Waals surface area contributed by atoms with E-state index in [4.69, 9.17) is 15.4 Å². The first-order valence-electron chi connectivity index (χ1n) is 8.80. The van der Waals surface area contributed by atoms with E-state index in [1.165, 1.54) is 0 Å². The average Bonchev–Trinajstić information content (AvgIpc) is 2.92. The summed E-state index contributed by atoms with van der Waals surface area (Å²) in [5.41, 5.74) is 4.54. The molecule has 1 N–H and O–H groups in total. The Morgan fingerprint density at radius 1 is 1.07 bits per heavy atom. The number of benzene rings is 2. The smallest absolute Gasteiger partial charge is 0.407 e. The van der Waals surface area contributed by atoms with Crippen molar-refractivity contribution in [3.05, 3.63) is 59.7 Å². The van der Waals surface area contributed by atoms with Crippen LogP contribution in [0, 0.1) is 5.92 Å². The third-order valence-electron chi connectivity index (χ3n) is 4.83. The maximum atomic E-state index is 12.3. The van der Waals surface area contributed by atoms with Crippen LogP contribution in [0.5, 0.6) is 0 Å². The van der Waals surface area contributed by atoms with Crippen LogP contribution in [0.3, 0.4) is 0 Å². The Bertz CT molecular complexity index is 897. The normalized spacial score (nSPS) is 14.5. The number of rotatable bonds is 6. The van der Waals surface area contributed by atoms with E-state index in [1.807, 2.05) is 50.2 Å². The molecule has 7 heteroatoms. The molecule has 0 heterocycles. The summed E-state index contributed by atoms with van der Waals surface area (Å²) in [6, 6.07) is 15.5. The molecule has 5 nitrogen and oxygen atoms in total. The molecule has 3 rings (SSSR count). The first kappa shape index (κ1) is 19.7. The number of hydrogen-bond donors (Lipinski definition) is 1. The summed E-state index contributed by atoms with van der Waals surface area (Å²) in [4.78, 5) is 12.3. The highest BCUT2D eigenvalue weighted by Gasteiger charge is 2.29. The topological polar surface area (TPSA) is 72.5 Å². The number of nitrogens with one attached hydrogen (secondary N) is 1. The van der Waals surface area contributed by atoms with Crippen molar-refractivity contribution >= 4 is 25.8 Å². The molecule has 0 fully saturated rings. The Labute approximate surface area is 164 Å². The molecule has 1 aliphatic rings. The largest absolute Gasteiger partial charge is 0.449 e. The van der Waals surface area contributed by atoms with Crippen LogP contribution in [0.15, 0.2) is 48.5 Å². The lowest BCUT2D eigenvalue weighted by molar-refractivity contribution is 0.137. The van der Waals surface area contributed by atoms with Crippen LogP contribution in [0.25, 0.3) is 11.1 Å². The van der Waals surface area contributed by atoms with Crippen LogP contribution in [-0.4, -0.2) is 32.9 Å². The highest BCUT2D eigenvalue weighted by atomic mass is 35.7. The van der Waals surface area contributed by atoms with Gasteiger partial charge in [-0.25, -0.2) is 13.2 Å². The van der Waals surface area contributed by atoms with Crippen LogP contribution in [0.2, 0.25) is 0 Å². The van der Waals surface area contributed by atoms with Gasteiger partial charge < -0.3 is 10.1 Å². The zero-order chi connectivity index (χ0) is 19.6. The van der Waals surface area contributed by atoms with Crippen molar-refractivity contribution in [3.63, 3.8) is 0 Å². The zero-order valence-corrected chi connectivity index (χ0v) is 16.8. The highest BCUT2D eigenvalue weighted by molar-refractivity contribution is 8.13. The van der Waals surface area contributed by atoms with Gasteiger partial charge >= 0.3 is 6.09 Å². The van der Waals surface area contributed by atoms with Crippen molar-refractivity contribution in [2.24, 2.45) is 5.92 Å². The predicted molar refractivity (Wildman–Crippen MR) is 106 cm³/mol. The minimum absolute atomic E-state index is 0.0441. The lowest BCUT2D eigenvalue weighted by Gasteiger charge is -2.21. The summed E-state index contributed by atoms with van der Waals surface area (Å²) in [6.07, 6.45) is -0.643.